The first-order chi connectivity index (χ1) is 7.00. The third kappa shape index (κ3) is 3.13. The number of nitrogens with two attached hydrogens (primary N) is 1. The van der Waals surface area contributed by atoms with Crippen molar-refractivity contribution in [1.82, 2.24) is 0 Å². The lowest BCUT2D eigenvalue weighted by Gasteiger charge is -2.10. The molecule has 0 fully saturated rings. The van der Waals surface area contributed by atoms with Gasteiger partial charge in [-0.15, -0.1) is 0 Å². The Morgan fingerprint density at radius 3 is 2.53 bits per heavy atom. The van der Waals surface area contributed by atoms with E-state index >= 15 is 0 Å². The lowest BCUT2D eigenvalue weighted by atomic mass is 10.2. The van der Waals surface area contributed by atoms with Gasteiger partial charge >= 0.3 is 0 Å². The minimum Gasteiger partial charge on any atom is -0.396 e. The first-order valence-corrected chi connectivity index (χ1v) is 4.86. The fourth-order valence-electron chi connectivity index (χ4n) is 1.29. The molecule has 15 heavy (non-hydrogen) atoms. The first kappa shape index (κ1) is 11.3. The van der Waals surface area contributed by atoms with Crippen LogP contribution in [0, 0.1) is 12.3 Å². The van der Waals surface area contributed by atoms with E-state index in [1.165, 1.54) is 5.56 Å². The van der Waals surface area contributed by atoms with Crippen LogP contribution in [-0.4, -0.2) is 5.71 Å². The molecule has 0 radical (unpaired) electrons. The number of allylic oxidation sites excluding steroid dienone is 2. The summed E-state index contributed by atoms with van der Waals surface area (Å²) in [6, 6.07) is 8.03. The van der Waals surface area contributed by atoms with Gasteiger partial charge in [0.1, 0.15) is 0 Å². The van der Waals surface area contributed by atoms with Crippen molar-refractivity contribution in [2.75, 3.05) is 5.32 Å². The Morgan fingerprint density at radius 1 is 1.33 bits per heavy atom. The molecule has 1 rings (SSSR count). The Labute approximate surface area is 90.5 Å². The summed E-state index contributed by atoms with van der Waals surface area (Å²) in [7, 11) is 0. The third-order valence-electron chi connectivity index (χ3n) is 2.16. The zero-order valence-corrected chi connectivity index (χ0v) is 9.39. The molecule has 1 aromatic rings. The minimum atomic E-state index is 0.382. The maximum absolute atomic E-state index is 7.42. The average Bonchev–Trinajstić information content (AvgIpc) is 2.16. The number of hydrogen-bond donors (Lipinski definition) is 3. The van der Waals surface area contributed by atoms with Gasteiger partial charge in [0.05, 0.1) is 11.4 Å². The van der Waals surface area contributed by atoms with Crippen LogP contribution < -0.4 is 11.1 Å². The summed E-state index contributed by atoms with van der Waals surface area (Å²) in [4.78, 5) is 0. The molecular weight excluding hydrogens is 186 g/mol. The molecule has 3 heteroatoms. The molecule has 3 nitrogen and oxygen atoms in total. The van der Waals surface area contributed by atoms with Gasteiger partial charge < -0.3 is 16.5 Å². The Bertz CT molecular complexity index is 405. The Morgan fingerprint density at radius 2 is 2.00 bits per heavy atom. The highest BCUT2D eigenvalue weighted by Crippen LogP contribution is 2.12. The van der Waals surface area contributed by atoms with Crippen molar-refractivity contribution in [2.45, 2.75) is 20.8 Å². The Balaban J connectivity index is 2.87. The molecule has 0 saturated heterocycles. The fourth-order valence-corrected chi connectivity index (χ4v) is 1.29. The molecule has 0 unspecified atom stereocenters. The average molecular weight is 203 g/mol. The highest BCUT2D eigenvalue weighted by atomic mass is 14.9. The van der Waals surface area contributed by atoms with Crippen LogP contribution in [0.15, 0.2) is 35.7 Å². The summed E-state index contributed by atoms with van der Waals surface area (Å²) in [6.07, 6.45) is 0. The van der Waals surface area contributed by atoms with Crippen molar-refractivity contribution in [3.8, 4) is 0 Å². The largest absolute Gasteiger partial charge is 0.396 e. The van der Waals surface area contributed by atoms with E-state index in [-0.39, 0.29) is 0 Å². The molecular formula is C12H17N3. The van der Waals surface area contributed by atoms with Crippen LogP contribution in [0.3, 0.4) is 0 Å². The van der Waals surface area contributed by atoms with Crippen molar-refractivity contribution in [3.05, 3.63) is 41.2 Å². The molecule has 0 atom stereocenters. The fraction of sp³-hybridized carbons (Fsp3) is 0.250. The topological polar surface area (TPSA) is 61.9 Å². The van der Waals surface area contributed by atoms with Crippen LogP contribution in [0.25, 0.3) is 0 Å². The van der Waals surface area contributed by atoms with Gasteiger partial charge in [-0.05, 0) is 38.5 Å². The van der Waals surface area contributed by atoms with Crippen LogP contribution in [0.5, 0.6) is 0 Å². The Hall–Kier alpha value is -1.77. The lowest BCUT2D eigenvalue weighted by Crippen LogP contribution is -2.13. The second kappa shape index (κ2) is 4.64. The molecule has 0 saturated carbocycles. The smallest absolute Gasteiger partial charge is 0.0715 e. The zero-order valence-electron chi connectivity index (χ0n) is 9.39. The van der Waals surface area contributed by atoms with Crippen molar-refractivity contribution >= 4 is 11.4 Å². The van der Waals surface area contributed by atoms with Crippen LogP contribution in [0.2, 0.25) is 0 Å². The van der Waals surface area contributed by atoms with Crippen LogP contribution in [-0.2, 0) is 0 Å². The van der Waals surface area contributed by atoms with Crippen molar-refractivity contribution in [3.63, 3.8) is 0 Å². The molecule has 0 aliphatic rings. The second-order valence-corrected chi connectivity index (χ2v) is 3.66. The van der Waals surface area contributed by atoms with Crippen molar-refractivity contribution in [2.24, 2.45) is 5.73 Å². The summed E-state index contributed by atoms with van der Waals surface area (Å²) < 4.78 is 0. The molecule has 0 spiro atoms. The SMILES string of the molecule is CC(=N)/C(N)=C(/C)Nc1cccc(C)c1. The number of rotatable bonds is 3. The van der Waals surface area contributed by atoms with Crippen molar-refractivity contribution in [1.29, 1.82) is 5.41 Å². The number of benzene rings is 1. The summed E-state index contributed by atoms with van der Waals surface area (Å²) in [6.45, 7) is 5.59. The van der Waals surface area contributed by atoms with E-state index in [1.54, 1.807) is 6.92 Å². The summed E-state index contributed by atoms with van der Waals surface area (Å²) >= 11 is 0. The predicted molar refractivity (Wildman–Crippen MR) is 65.1 cm³/mol. The quantitative estimate of drug-likeness (QED) is 0.661. The summed E-state index contributed by atoms with van der Waals surface area (Å²) in [5, 5.41) is 10.6. The van der Waals surface area contributed by atoms with Gasteiger partial charge in [-0.2, -0.15) is 0 Å². The number of anilines is 1. The number of hydrogen-bond acceptors (Lipinski definition) is 3. The molecule has 4 N–H and O–H groups in total. The molecule has 0 amide bonds. The van der Waals surface area contributed by atoms with E-state index in [0.717, 1.165) is 11.4 Å². The summed E-state index contributed by atoms with van der Waals surface area (Å²) in [5.41, 5.74) is 9.62. The first-order valence-electron chi connectivity index (χ1n) is 4.86. The normalized spacial score (nSPS) is 11.9. The molecule has 80 valence electrons. The van der Waals surface area contributed by atoms with Gasteiger partial charge in [0, 0.05) is 11.4 Å². The molecule has 1 aromatic carbocycles. The van der Waals surface area contributed by atoms with E-state index in [4.69, 9.17) is 11.1 Å². The van der Waals surface area contributed by atoms with Gasteiger partial charge in [-0.1, -0.05) is 12.1 Å². The monoisotopic (exact) mass is 203 g/mol. The zero-order chi connectivity index (χ0) is 11.4. The van der Waals surface area contributed by atoms with E-state index in [2.05, 4.69) is 5.32 Å². The maximum atomic E-state index is 7.42. The minimum absolute atomic E-state index is 0.382. The van der Waals surface area contributed by atoms with Crippen molar-refractivity contribution < 1.29 is 0 Å². The molecule has 0 bridgehead atoms. The molecule has 0 aliphatic carbocycles. The van der Waals surface area contributed by atoms with Crippen LogP contribution in [0.4, 0.5) is 5.69 Å². The van der Waals surface area contributed by atoms with Gasteiger partial charge in [0.25, 0.3) is 0 Å². The van der Waals surface area contributed by atoms with E-state index in [9.17, 15) is 0 Å². The van der Waals surface area contributed by atoms with Gasteiger partial charge in [0.15, 0.2) is 0 Å². The number of nitrogens with one attached hydrogen (secondary N) is 2. The molecule has 0 heterocycles. The van der Waals surface area contributed by atoms with Gasteiger partial charge in [0.2, 0.25) is 0 Å². The van der Waals surface area contributed by atoms with E-state index in [1.807, 2.05) is 38.1 Å². The van der Waals surface area contributed by atoms with Crippen LogP contribution in [0.1, 0.15) is 19.4 Å². The highest BCUT2D eigenvalue weighted by Gasteiger charge is 2.00. The highest BCUT2D eigenvalue weighted by molar-refractivity contribution is 5.95. The Kier molecular flexibility index (Phi) is 3.50. The van der Waals surface area contributed by atoms with E-state index in [0.29, 0.717) is 11.4 Å². The van der Waals surface area contributed by atoms with Crippen LogP contribution >= 0.6 is 0 Å². The summed E-state index contributed by atoms with van der Waals surface area (Å²) in [5.74, 6) is 0. The standard InChI is InChI=1S/C12H17N3/c1-8-5-4-6-11(7-8)15-10(3)12(14)9(2)13/h4-7,13,15H,14H2,1-3H3/b12-10+,13-9?. The lowest BCUT2D eigenvalue weighted by molar-refractivity contribution is 1.25. The third-order valence-corrected chi connectivity index (χ3v) is 2.16. The van der Waals surface area contributed by atoms with Gasteiger partial charge in [-0.3, -0.25) is 0 Å². The number of aryl methyl sites for hydroxylation is 1. The molecule has 0 aromatic heterocycles. The predicted octanol–water partition coefficient (Wildman–Crippen LogP) is 2.64. The van der Waals surface area contributed by atoms with Gasteiger partial charge in [-0.25, -0.2) is 0 Å². The maximum Gasteiger partial charge on any atom is 0.0715 e. The second-order valence-electron chi connectivity index (χ2n) is 3.66. The molecule has 0 aliphatic heterocycles. The van der Waals surface area contributed by atoms with E-state index < -0.39 is 0 Å².